The van der Waals surface area contributed by atoms with E-state index >= 15 is 0 Å². The molecule has 1 aromatic carbocycles. The number of nitrogens with one attached hydrogen (secondary N) is 1. The zero-order valence-electron chi connectivity index (χ0n) is 11.1. The molecule has 0 spiro atoms. The van der Waals surface area contributed by atoms with Gasteiger partial charge in [-0.05, 0) is 30.5 Å². The second kappa shape index (κ2) is 7.28. The summed E-state index contributed by atoms with van der Waals surface area (Å²) in [6, 6.07) is 4.84. The van der Waals surface area contributed by atoms with Crippen LogP contribution < -0.4 is 5.32 Å². The molecule has 0 saturated carbocycles. The molecule has 0 heterocycles. The minimum absolute atomic E-state index is 0.193. The van der Waals surface area contributed by atoms with Crippen LogP contribution in [-0.2, 0) is 16.0 Å². The van der Waals surface area contributed by atoms with E-state index < -0.39 is 12.0 Å². The highest BCUT2D eigenvalue weighted by atomic mass is 79.9. The summed E-state index contributed by atoms with van der Waals surface area (Å²) in [6.45, 7) is 3.81. The van der Waals surface area contributed by atoms with Gasteiger partial charge in [-0.3, -0.25) is 4.79 Å². The lowest BCUT2D eigenvalue weighted by Crippen LogP contribution is -2.41. The second-order valence-corrected chi connectivity index (χ2v) is 5.30. The summed E-state index contributed by atoms with van der Waals surface area (Å²) in [5, 5.41) is 11.6. The Balaban J connectivity index is 2.69. The lowest BCUT2D eigenvalue weighted by atomic mass is 10.0. The van der Waals surface area contributed by atoms with Crippen molar-refractivity contribution in [2.24, 2.45) is 0 Å². The Morgan fingerprint density at radius 2 is 2.11 bits per heavy atom. The van der Waals surface area contributed by atoms with Crippen molar-refractivity contribution in [2.75, 3.05) is 0 Å². The monoisotopic (exact) mass is 327 g/mol. The Bertz CT molecular complexity index is 474. The number of hydrogen-bond acceptors (Lipinski definition) is 2. The third-order valence-corrected chi connectivity index (χ3v) is 3.80. The largest absolute Gasteiger partial charge is 0.480 e. The topological polar surface area (TPSA) is 66.4 Å². The quantitative estimate of drug-likeness (QED) is 0.844. The number of carboxylic acids is 1. The number of aliphatic carboxylic acids is 1. The number of benzene rings is 1. The molecular formula is C14H18BrNO3. The molecule has 1 rings (SSSR count). The van der Waals surface area contributed by atoms with Crippen LogP contribution in [-0.4, -0.2) is 23.0 Å². The summed E-state index contributed by atoms with van der Waals surface area (Å²) < 4.78 is 0.946. The Morgan fingerprint density at radius 1 is 1.42 bits per heavy atom. The van der Waals surface area contributed by atoms with Crippen LogP contribution in [0.25, 0.3) is 0 Å². The minimum atomic E-state index is -0.985. The van der Waals surface area contributed by atoms with Crippen molar-refractivity contribution in [3.63, 3.8) is 0 Å². The number of carbonyl (C=O) groups is 2. The van der Waals surface area contributed by atoms with Crippen molar-refractivity contribution >= 4 is 27.8 Å². The molecule has 0 aromatic heterocycles. The summed E-state index contributed by atoms with van der Waals surface area (Å²) in [5.74, 6) is -1.25. The van der Waals surface area contributed by atoms with Gasteiger partial charge in [-0.25, -0.2) is 4.79 Å². The Labute approximate surface area is 121 Å². The van der Waals surface area contributed by atoms with Gasteiger partial charge < -0.3 is 10.4 Å². The van der Waals surface area contributed by atoms with Gasteiger partial charge in [0.1, 0.15) is 6.04 Å². The molecule has 1 aromatic rings. The molecular weight excluding hydrogens is 310 g/mol. The molecule has 4 nitrogen and oxygen atoms in total. The van der Waals surface area contributed by atoms with Gasteiger partial charge in [-0.15, -0.1) is 0 Å². The standard InChI is InChI=1S/C14H18BrNO3/c1-3-5-12(14(18)19)16-13(17)8-10-6-4-7-11(15)9(10)2/h4,6-7,12H,3,5,8H2,1-2H3,(H,16,17)(H,18,19). The fourth-order valence-electron chi connectivity index (χ4n) is 1.81. The first-order valence-electron chi connectivity index (χ1n) is 6.21. The lowest BCUT2D eigenvalue weighted by molar-refractivity contribution is -0.141. The van der Waals surface area contributed by atoms with Crippen LogP contribution in [0.2, 0.25) is 0 Å². The van der Waals surface area contributed by atoms with Gasteiger partial charge in [0, 0.05) is 4.47 Å². The molecule has 2 N–H and O–H groups in total. The van der Waals surface area contributed by atoms with Crippen molar-refractivity contribution in [1.82, 2.24) is 5.32 Å². The molecule has 19 heavy (non-hydrogen) atoms. The number of rotatable bonds is 6. The van der Waals surface area contributed by atoms with Crippen molar-refractivity contribution in [2.45, 2.75) is 39.2 Å². The first-order valence-corrected chi connectivity index (χ1v) is 7.01. The van der Waals surface area contributed by atoms with E-state index in [2.05, 4.69) is 21.2 Å². The van der Waals surface area contributed by atoms with Crippen LogP contribution in [0.1, 0.15) is 30.9 Å². The Morgan fingerprint density at radius 3 is 2.68 bits per heavy atom. The predicted molar refractivity (Wildman–Crippen MR) is 77.1 cm³/mol. The van der Waals surface area contributed by atoms with Gasteiger partial charge in [0.15, 0.2) is 0 Å². The predicted octanol–water partition coefficient (Wildman–Crippen LogP) is 2.67. The first-order chi connectivity index (χ1) is 8.95. The maximum atomic E-state index is 11.9. The van der Waals surface area contributed by atoms with Gasteiger partial charge in [0.05, 0.1) is 6.42 Å². The number of carbonyl (C=O) groups excluding carboxylic acids is 1. The minimum Gasteiger partial charge on any atom is -0.480 e. The first kappa shape index (κ1) is 15.7. The van der Waals surface area contributed by atoms with Crippen LogP contribution in [0.4, 0.5) is 0 Å². The normalized spacial score (nSPS) is 11.9. The number of amides is 1. The molecule has 1 amide bonds. The van der Waals surface area contributed by atoms with Crippen LogP contribution in [0.3, 0.4) is 0 Å². The highest BCUT2D eigenvalue weighted by Crippen LogP contribution is 2.19. The van der Waals surface area contributed by atoms with Gasteiger partial charge in [0.2, 0.25) is 5.91 Å². The third-order valence-electron chi connectivity index (χ3n) is 2.94. The zero-order chi connectivity index (χ0) is 14.4. The number of hydrogen-bond donors (Lipinski definition) is 2. The summed E-state index contributed by atoms with van der Waals surface area (Å²) in [4.78, 5) is 22.9. The summed E-state index contributed by atoms with van der Waals surface area (Å²) >= 11 is 3.41. The van der Waals surface area contributed by atoms with Crippen molar-refractivity contribution in [1.29, 1.82) is 0 Å². The molecule has 1 unspecified atom stereocenters. The third kappa shape index (κ3) is 4.67. The van der Waals surface area contributed by atoms with Gasteiger partial charge in [0.25, 0.3) is 0 Å². The van der Waals surface area contributed by atoms with Crippen molar-refractivity contribution < 1.29 is 14.7 Å². The molecule has 0 aliphatic carbocycles. The van der Waals surface area contributed by atoms with Crippen LogP contribution in [0, 0.1) is 6.92 Å². The maximum absolute atomic E-state index is 11.9. The second-order valence-electron chi connectivity index (χ2n) is 4.45. The van der Waals surface area contributed by atoms with Crippen LogP contribution in [0.15, 0.2) is 22.7 Å². The highest BCUT2D eigenvalue weighted by Gasteiger charge is 2.19. The van der Waals surface area contributed by atoms with Crippen LogP contribution in [0.5, 0.6) is 0 Å². The summed E-state index contributed by atoms with van der Waals surface area (Å²) in [6.07, 6.45) is 1.35. The highest BCUT2D eigenvalue weighted by molar-refractivity contribution is 9.10. The zero-order valence-corrected chi connectivity index (χ0v) is 12.7. The van der Waals surface area contributed by atoms with E-state index in [4.69, 9.17) is 5.11 Å². The molecule has 104 valence electrons. The van der Waals surface area contributed by atoms with E-state index in [9.17, 15) is 9.59 Å². The SMILES string of the molecule is CCCC(NC(=O)Cc1cccc(Br)c1C)C(=O)O. The smallest absolute Gasteiger partial charge is 0.326 e. The number of halogens is 1. The number of carboxylic acid groups (broad SMARTS) is 1. The molecule has 0 aliphatic rings. The molecule has 0 radical (unpaired) electrons. The van der Waals surface area contributed by atoms with Gasteiger partial charge >= 0.3 is 5.97 Å². The van der Waals surface area contributed by atoms with Crippen LogP contribution >= 0.6 is 15.9 Å². The van der Waals surface area contributed by atoms with Gasteiger partial charge in [-0.2, -0.15) is 0 Å². The van der Waals surface area contributed by atoms with Crippen molar-refractivity contribution in [3.8, 4) is 0 Å². The average Bonchev–Trinajstić information content (AvgIpc) is 2.34. The van der Waals surface area contributed by atoms with E-state index in [-0.39, 0.29) is 12.3 Å². The van der Waals surface area contributed by atoms with Gasteiger partial charge in [-0.1, -0.05) is 41.4 Å². The lowest BCUT2D eigenvalue weighted by Gasteiger charge is -2.14. The Hall–Kier alpha value is -1.36. The molecule has 1 atom stereocenters. The summed E-state index contributed by atoms with van der Waals surface area (Å²) in [5.41, 5.74) is 1.90. The molecule has 0 bridgehead atoms. The fraction of sp³-hybridized carbons (Fsp3) is 0.429. The fourth-order valence-corrected chi connectivity index (χ4v) is 2.22. The maximum Gasteiger partial charge on any atom is 0.326 e. The van der Waals surface area contributed by atoms with Crippen molar-refractivity contribution in [3.05, 3.63) is 33.8 Å². The van der Waals surface area contributed by atoms with E-state index in [1.165, 1.54) is 0 Å². The summed E-state index contributed by atoms with van der Waals surface area (Å²) in [7, 11) is 0. The molecule has 5 heteroatoms. The molecule has 0 saturated heterocycles. The average molecular weight is 328 g/mol. The van der Waals surface area contributed by atoms with E-state index in [0.717, 1.165) is 15.6 Å². The molecule has 0 aliphatic heterocycles. The van der Waals surface area contributed by atoms with E-state index in [1.807, 2.05) is 32.0 Å². The Kier molecular flexibility index (Phi) is 6.02. The van der Waals surface area contributed by atoms with E-state index in [0.29, 0.717) is 12.8 Å². The molecule has 0 fully saturated rings. The van der Waals surface area contributed by atoms with E-state index in [1.54, 1.807) is 0 Å².